The molecule has 0 saturated carbocycles. The van der Waals surface area contributed by atoms with Gasteiger partial charge in [0, 0.05) is 37.8 Å². The van der Waals surface area contributed by atoms with Gasteiger partial charge < -0.3 is 13.6 Å². The summed E-state index contributed by atoms with van der Waals surface area (Å²) in [5.74, 6) is 2.93. The van der Waals surface area contributed by atoms with E-state index in [9.17, 15) is 2.74 Å². The van der Waals surface area contributed by atoms with E-state index in [1.54, 1.807) is 24.7 Å². The second-order valence-corrected chi connectivity index (χ2v) is 19.4. The summed E-state index contributed by atoms with van der Waals surface area (Å²) in [5.41, 5.74) is 5.18. The fourth-order valence-corrected chi connectivity index (χ4v) is 14.8. The number of benzene rings is 7. The van der Waals surface area contributed by atoms with Crippen molar-refractivity contribution in [3.8, 4) is 17.2 Å². The highest BCUT2D eigenvalue weighted by Crippen LogP contribution is 2.51. The summed E-state index contributed by atoms with van der Waals surface area (Å²) in [6, 6.07) is 68.7. The predicted octanol–water partition coefficient (Wildman–Crippen LogP) is 9.87. The minimum atomic E-state index is -3.41. The Kier molecular flexibility index (Phi) is 7.63. The molecule has 0 aliphatic carbocycles. The third-order valence-corrected chi connectivity index (χ3v) is 17.2. The summed E-state index contributed by atoms with van der Waals surface area (Å²) >= 11 is 0. The van der Waals surface area contributed by atoms with Gasteiger partial charge in [0.25, 0.3) is 0 Å². The molecule has 7 heteroatoms. The fraction of sp³-hybridized carbons (Fsp3) is 0.0556. The van der Waals surface area contributed by atoms with Crippen molar-refractivity contribution in [1.82, 2.24) is 14.0 Å². The maximum absolute atomic E-state index is 10.3. The number of para-hydroxylation sites is 6. The lowest BCUT2D eigenvalue weighted by molar-refractivity contribution is 0.347. The lowest BCUT2D eigenvalue weighted by Gasteiger charge is -2.43. The number of imidazole rings is 2. The van der Waals surface area contributed by atoms with Crippen molar-refractivity contribution in [1.29, 1.82) is 0 Å². The fourth-order valence-electron chi connectivity index (χ4n) is 9.87. The van der Waals surface area contributed by atoms with Gasteiger partial charge in [-0.3, -0.25) is 8.97 Å². The molecule has 12 rings (SSSR count). The number of furan rings is 2. The van der Waals surface area contributed by atoms with E-state index in [4.69, 9.17) is 18.6 Å². The monoisotopic (exact) mass is 807 g/mol. The quantitative estimate of drug-likeness (QED) is 0.108. The maximum atomic E-state index is 10.3. The maximum Gasteiger partial charge on any atom is 0.220 e. The molecule has 0 bridgehead atoms. The highest BCUT2D eigenvalue weighted by atomic mass is 28.3. The number of aromatic nitrogens is 3. The SMILES string of the molecule is [2H]C([2H])(c1ccco1)C1(Cc2ccco2)c2ccccc2Oc2c1cccc2[Si](c1ccccc1)(c1ccccc1)c1cccc(-n2c3ccccc3n3c4ccccc4nc23)c1. The molecule has 7 aromatic carbocycles. The molecule has 0 saturated heterocycles. The molecule has 5 heterocycles. The van der Waals surface area contributed by atoms with E-state index in [0.29, 0.717) is 17.3 Å². The molecule has 0 fully saturated rings. The highest BCUT2D eigenvalue weighted by Gasteiger charge is 2.49. The van der Waals surface area contributed by atoms with Gasteiger partial charge in [-0.15, -0.1) is 0 Å². The number of hydrogen-bond acceptors (Lipinski definition) is 4. The smallest absolute Gasteiger partial charge is 0.220 e. The molecule has 0 amide bonds. The van der Waals surface area contributed by atoms with E-state index in [2.05, 4.69) is 148 Å². The first-order chi connectivity index (χ1) is 31.0. The average Bonchev–Trinajstić information content (AvgIpc) is 4.17. The van der Waals surface area contributed by atoms with Gasteiger partial charge in [0.15, 0.2) is 8.07 Å². The van der Waals surface area contributed by atoms with Crippen molar-refractivity contribution < 1.29 is 16.3 Å². The normalized spacial score (nSPS) is 15.6. The molecule has 0 spiro atoms. The van der Waals surface area contributed by atoms with Crippen LogP contribution in [0.15, 0.2) is 222 Å². The second kappa shape index (κ2) is 14.0. The Balaban J connectivity index is 1.19. The number of rotatable bonds is 9. The van der Waals surface area contributed by atoms with Crippen LogP contribution in [0.1, 0.15) is 25.4 Å². The summed E-state index contributed by atoms with van der Waals surface area (Å²) in [4.78, 5) is 5.23. The summed E-state index contributed by atoms with van der Waals surface area (Å²) in [7, 11) is -3.41. The zero-order chi connectivity index (χ0) is 42.2. The van der Waals surface area contributed by atoms with Crippen LogP contribution in [0.4, 0.5) is 0 Å². The van der Waals surface area contributed by atoms with Crippen LogP contribution in [0.5, 0.6) is 11.5 Å². The Labute approximate surface area is 356 Å². The standard InChI is InChI=1S/C54H39N3O3Si/c1-3-20-41(21-4-1)61(42-22-5-2-6-23-42,43-24-13-17-38(35-43)56-48-29-10-11-30-49(48)57-47-28-9-8-27-46(47)55-53(56)57)51-32-14-26-45-52(51)60-50-31-12-7-25-44(50)54(45,36-39-18-15-33-58-39)37-40-19-16-34-59-40/h1-35H,36-37H2/i36D2. The van der Waals surface area contributed by atoms with E-state index in [0.717, 1.165) is 65.4 Å². The molecule has 1 unspecified atom stereocenters. The second-order valence-electron chi connectivity index (χ2n) is 15.6. The van der Waals surface area contributed by atoms with Crippen molar-refractivity contribution in [3.05, 3.63) is 235 Å². The zero-order valence-corrected chi connectivity index (χ0v) is 34.0. The first-order valence-corrected chi connectivity index (χ1v) is 22.6. The molecule has 1 atom stereocenters. The Morgan fingerprint density at radius 1 is 0.541 bits per heavy atom. The largest absolute Gasteiger partial charge is 0.469 e. The van der Waals surface area contributed by atoms with Crippen LogP contribution < -0.4 is 25.5 Å². The summed E-state index contributed by atoms with van der Waals surface area (Å²) in [6.45, 7) is 0. The molecule has 6 nitrogen and oxygen atoms in total. The summed E-state index contributed by atoms with van der Waals surface area (Å²) in [5, 5.41) is 4.44. The Hall–Kier alpha value is -7.61. The molecular weight excluding hydrogens is 767 g/mol. The van der Waals surface area contributed by atoms with Gasteiger partial charge in [-0.25, -0.2) is 4.98 Å². The molecule has 0 N–H and O–H groups in total. The highest BCUT2D eigenvalue weighted by molar-refractivity contribution is 7.20. The van der Waals surface area contributed by atoms with E-state index in [1.165, 1.54) is 0 Å². The first-order valence-electron chi connectivity index (χ1n) is 21.6. The number of nitrogens with zero attached hydrogens (tertiary/aromatic N) is 3. The van der Waals surface area contributed by atoms with Gasteiger partial charge in [-0.05, 0) is 87.5 Å². The van der Waals surface area contributed by atoms with E-state index in [1.807, 2.05) is 48.5 Å². The van der Waals surface area contributed by atoms with Crippen LogP contribution in [0.25, 0.3) is 33.5 Å². The van der Waals surface area contributed by atoms with Gasteiger partial charge in [0.1, 0.15) is 23.0 Å². The molecule has 61 heavy (non-hydrogen) atoms. The van der Waals surface area contributed by atoms with Crippen LogP contribution in [-0.2, 0) is 18.2 Å². The van der Waals surface area contributed by atoms with E-state index in [-0.39, 0.29) is 12.2 Å². The van der Waals surface area contributed by atoms with Crippen LogP contribution in [0.2, 0.25) is 0 Å². The molecule has 0 radical (unpaired) electrons. The van der Waals surface area contributed by atoms with Gasteiger partial charge >= 0.3 is 0 Å². The van der Waals surface area contributed by atoms with Crippen LogP contribution in [-0.4, -0.2) is 22.0 Å². The third-order valence-electron chi connectivity index (χ3n) is 12.4. The Morgan fingerprint density at radius 3 is 1.92 bits per heavy atom. The lowest BCUT2D eigenvalue weighted by Crippen LogP contribution is -2.75. The Bertz CT molecular complexity index is 3410. The topological polar surface area (TPSA) is 57.7 Å². The van der Waals surface area contributed by atoms with Gasteiger partial charge in [-0.2, -0.15) is 0 Å². The van der Waals surface area contributed by atoms with Gasteiger partial charge in [0.05, 0.1) is 34.6 Å². The molecule has 1 aliphatic rings. The minimum Gasteiger partial charge on any atom is -0.469 e. The van der Waals surface area contributed by atoms with Crippen molar-refractivity contribution in [3.63, 3.8) is 0 Å². The molecule has 4 aromatic heterocycles. The van der Waals surface area contributed by atoms with Gasteiger partial charge in [0.2, 0.25) is 5.78 Å². The number of fused-ring (bicyclic) bond motifs is 7. The molecule has 11 aromatic rings. The molecule has 292 valence electrons. The summed E-state index contributed by atoms with van der Waals surface area (Å²) < 4.78 is 44.5. The van der Waals surface area contributed by atoms with Crippen molar-refractivity contribution >= 4 is 56.7 Å². The minimum absolute atomic E-state index is 0.209. The molecule has 1 aliphatic heterocycles. The number of ether oxygens (including phenoxy) is 1. The van der Waals surface area contributed by atoms with Crippen molar-refractivity contribution in [2.75, 3.05) is 0 Å². The van der Waals surface area contributed by atoms with E-state index >= 15 is 0 Å². The predicted molar refractivity (Wildman–Crippen MR) is 245 cm³/mol. The van der Waals surface area contributed by atoms with Crippen LogP contribution in [0.3, 0.4) is 0 Å². The zero-order valence-electron chi connectivity index (χ0n) is 35.0. The van der Waals surface area contributed by atoms with Crippen LogP contribution in [0, 0.1) is 0 Å². The average molecular weight is 808 g/mol. The third kappa shape index (κ3) is 5.37. The number of hydrogen-bond donors (Lipinski definition) is 0. The van der Waals surface area contributed by atoms with E-state index < -0.39 is 19.9 Å². The van der Waals surface area contributed by atoms with Crippen molar-refractivity contribution in [2.45, 2.75) is 18.2 Å². The lowest BCUT2D eigenvalue weighted by atomic mass is 9.67. The molecular formula is C54H39N3O3Si. The van der Waals surface area contributed by atoms with Gasteiger partial charge in [-0.1, -0.05) is 133 Å². The van der Waals surface area contributed by atoms with Crippen molar-refractivity contribution in [2.24, 2.45) is 0 Å². The summed E-state index contributed by atoms with van der Waals surface area (Å²) in [6.07, 6.45) is 1.33. The Morgan fingerprint density at radius 2 is 1.16 bits per heavy atom. The van der Waals surface area contributed by atoms with Crippen LogP contribution >= 0.6 is 0 Å². The first kappa shape index (κ1) is 33.2.